The van der Waals surface area contributed by atoms with E-state index in [4.69, 9.17) is 31.1 Å². The second-order valence-electron chi connectivity index (χ2n) is 9.38. The van der Waals surface area contributed by atoms with Crippen LogP contribution in [0.5, 0.6) is 11.5 Å². The minimum absolute atomic E-state index is 0.160. The standard InChI is InChI=1S/C34H26ClN3O3S2/c1-2-40-30-19-23(17-18-29(30)41-21-25-13-9-10-16-27(25)35)20-31-32(39)38(26-14-7-4-8-15-26)34(43-31)37-33-36-28(22-42-33)24-11-5-3-6-12-24/h3-20,22H,2,21H2,1H3/b31-20-,37-34+. The molecule has 1 fully saturated rings. The monoisotopic (exact) mass is 623 g/mol. The fourth-order valence-corrected chi connectivity index (χ4v) is 6.34. The molecule has 4 aromatic carbocycles. The van der Waals surface area contributed by atoms with Crippen LogP contribution in [0.4, 0.5) is 10.8 Å². The summed E-state index contributed by atoms with van der Waals surface area (Å²) in [6, 6.07) is 32.7. The molecule has 0 spiro atoms. The highest BCUT2D eigenvalue weighted by atomic mass is 35.5. The Hall–Kier alpha value is -4.37. The molecular formula is C34H26ClN3O3S2. The number of rotatable bonds is 9. The molecule has 1 amide bonds. The number of thiazole rings is 1. The van der Waals surface area contributed by atoms with Crippen molar-refractivity contribution in [3.63, 3.8) is 0 Å². The number of amides is 1. The van der Waals surface area contributed by atoms with E-state index in [0.29, 0.717) is 44.9 Å². The third-order valence-corrected chi connectivity index (χ3v) is 8.55. The van der Waals surface area contributed by atoms with Crippen molar-refractivity contribution >= 4 is 62.7 Å². The van der Waals surface area contributed by atoms with Crippen molar-refractivity contribution in [1.29, 1.82) is 0 Å². The fourth-order valence-electron chi connectivity index (χ4n) is 4.42. The molecule has 1 saturated heterocycles. The van der Waals surface area contributed by atoms with Crippen molar-refractivity contribution in [2.75, 3.05) is 11.5 Å². The number of aliphatic imine (C=N–C) groups is 1. The van der Waals surface area contributed by atoms with Gasteiger partial charge in [-0.1, -0.05) is 84.4 Å². The average molecular weight is 624 g/mol. The summed E-state index contributed by atoms with van der Waals surface area (Å²) < 4.78 is 12.0. The predicted octanol–water partition coefficient (Wildman–Crippen LogP) is 9.25. The topological polar surface area (TPSA) is 64.0 Å². The van der Waals surface area contributed by atoms with Gasteiger partial charge in [0.1, 0.15) is 6.61 Å². The lowest BCUT2D eigenvalue weighted by Crippen LogP contribution is -2.28. The van der Waals surface area contributed by atoms with E-state index in [1.54, 1.807) is 4.90 Å². The van der Waals surface area contributed by atoms with Crippen LogP contribution >= 0.6 is 34.7 Å². The number of amidine groups is 1. The van der Waals surface area contributed by atoms with E-state index in [9.17, 15) is 4.79 Å². The number of benzene rings is 4. The lowest BCUT2D eigenvalue weighted by atomic mass is 10.1. The van der Waals surface area contributed by atoms with E-state index in [2.05, 4.69) is 0 Å². The third kappa shape index (κ3) is 6.67. The Morgan fingerprint density at radius 2 is 1.65 bits per heavy atom. The van der Waals surface area contributed by atoms with Crippen molar-refractivity contribution in [2.45, 2.75) is 13.5 Å². The molecule has 9 heteroatoms. The van der Waals surface area contributed by atoms with Crippen molar-refractivity contribution in [3.8, 4) is 22.8 Å². The van der Waals surface area contributed by atoms with Gasteiger partial charge < -0.3 is 9.47 Å². The molecule has 6 nitrogen and oxygen atoms in total. The molecule has 1 aliphatic rings. The highest BCUT2D eigenvalue weighted by molar-refractivity contribution is 8.19. The van der Waals surface area contributed by atoms with E-state index in [1.165, 1.54) is 23.1 Å². The number of ether oxygens (including phenoxy) is 2. The van der Waals surface area contributed by atoms with E-state index in [1.807, 2.05) is 122 Å². The van der Waals surface area contributed by atoms with Crippen LogP contribution in [0.2, 0.25) is 5.02 Å². The van der Waals surface area contributed by atoms with E-state index >= 15 is 0 Å². The van der Waals surface area contributed by atoms with Crippen molar-refractivity contribution in [1.82, 2.24) is 4.98 Å². The maximum Gasteiger partial charge on any atom is 0.271 e. The highest BCUT2D eigenvalue weighted by Crippen LogP contribution is 2.39. The molecule has 0 aliphatic carbocycles. The summed E-state index contributed by atoms with van der Waals surface area (Å²) in [7, 11) is 0. The zero-order chi connectivity index (χ0) is 29.6. The fraction of sp³-hybridized carbons (Fsp3) is 0.0882. The van der Waals surface area contributed by atoms with Crippen LogP contribution in [-0.4, -0.2) is 22.7 Å². The number of hydrogen-bond acceptors (Lipinski definition) is 7. The van der Waals surface area contributed by atoms with Gasteiger partial charge in [-0.25, -0.2) is 4.98 Å². The van der Waals surface area contributed by atoms with Crippen LogP contribution in [0.3, 0.4) is 0 Å². The summed E-state index contributed by atoms with van der Waals surface area (Å²) in [5.41, 5.74) is 4.29. The Morgan fingerprint density at radius 1 is 0.907 bits per heavy atom. The summed E-state index contributed by atoms with van der Waals surface area (Å²) in [6.07, 6.45) is 1.85. The normalized spacial score (nSPS) is 14.9. The molecule has 0 radical (unpaired) electrons. The second-order valence-corrected chi connectivity index (χ2v) is 11.6. The van der Waals surface area contributed by atoms with Crippen LogP contribution in [0.25, 0.3) is 17.3 Å². The van der Waals surface area contributed by atoms with Gasteiger partial charge in [-0.05, 0) is 60.7 Å². The summed E-state index contributed by atoms with van der Waals surface area (Å²) in [5.74, 6) is 1.02. The van der Waals surface area contributed by atoms with Gasteiger partial charge in [0.2, 0.25) is 5.13 Å². The van der Waals surface area contributed by atoms with E-state index in [0.717, 1.165) is 28.1 Å². The van der Waals surface area contributed by atoms with Gasteiger partial charge in [0.05, 0.1) is 22.9 Å². The Bertz CT molecular complexity index is 1810. The van der Waals surface area contributed by atoms with Crippen LogP contribution in [0.1, 0.15) is 18.1 Å². The molecule has 0 N–H and O–H groups in total. The third-order valence-electron chi connectivity index (χ3n) is 6.48. The Balaban J connectivity index is 1.30. The maximum atomic E-state index is 13.8. The largest absolute Gasteiger partial charge is 0.490 e. The second kappa shape index (κ2) is 13.3. The molecule has 0 atom stereocenters. The molecule has 214 valence electrons. The summed E-state index contributed by atoms with van der Waals surface area (Å²) in [5, 5.41) is 3.74. The van der Waals surface area contributed by atoms with E-state index in [-0.39, 0.29) is 5.91 Å². The van der Waals surface area contributed by atoms with Crippen LogP contribution < -0.4 is 14.4 Å². The average Bonchev–Trinajstić information content (AvgIpc) is 3.62. The first-order valence-corrected chi connectivity index (χ1v) is 15.7. The number of para-hydroxylation sites is 1. The summed E-state index contributed by atoms with van der Waals surface area (Å²) in [4.78, 5) is 25.5. The molecule has 0 saturated carbocycles. The van der Waals surface area contributed by atoms with Gasteiger partial charge in [0.15, 0.2) is 16.7 Å². The number of thioether (sulfide) groups is 1. The van der Waals surface area contributed by atoms with Gasteiger partial charge in [0, 0.05) is 21.5 Å². The first kappa shape index (κ1) is 28.7. The summed E-state index contributed by atoms with van der Waals surface area (Å²) >= 11 is 9.06. The smallest absolute Gasteiger partial charge is 0.271 e. The minimum Gasteiger partial charge on any atom is -0.490 e. The number of anilines is 1. The Labute approximate surface area is 263 Å². The van der Waals surface area contributed by atoms with Crippen molar-refractivity contribution in [3.05, 3.63) is 130 Å². The van der Waals surface area contributed by atoms with Gasteiger partial charge >= 0.3 is 0 Å². The zero-order valence-electron chi connectivity index (χ0n) is 23.1. The van der Waals surface area contributed by atoms with Gasteiger partial charge in [-0.3, -0.25) is 9.69 Å². The molecule has 2 heterocycles. The number of halogens is 1. The predicted molar refractivity (Wildman–Crippen MR) is 178 cm³/mol. The zero-order valence-corrected chi connectivity index (χ0v) is 25.5. The lowest BCUT2D eigenvalue weighted by molar-refractivity contribution is -0.113. The highest BCUT2D eigenvalue weighted by Gasteiger charge is 2.35. The summed E-state index contributed by atoms with van der Waals surface area (Å²) in [6.45, 7) is 2.69. The number of nitrogens with zero attached hydrogens (tertiary/aromatic N) is 3. The number of carbonyl (C=O) groups is 1. The molecule has 1 aliphatic heterocycles. The number of aromatic nitrogens is 1. The van der Waals surface area contributed by atoms with Crippen LogP contribution in [-0.2, 0) is 11.4 Å². The Morgan fingerprint density at radius 3 is 2.42 bits per heavy atom. The minimum atomic E-state index is -0.160. The van der Waals surface area contributed by atoms with Gasteiger partial charge in [0.25, 0.3) is 5.91 Å². The quantitative estimate of drug-likeness (QED) is 0.153. The number of hydrogen-bond donors (Lipinski definition) is 0. The molecule has 0 bridgehead atoms. The van der Waals surface area contributed by atoms with Gasteiger partial charge in [-0.2, -0.15) is 4.99 Å². The number of carbonyl (C=O) groups excluding carboxylic acids is 1. The first-order chi connectivity index (χ1) is 21.1. The van der Waals surface area contributed by atoms with E-state index < -0.39 is 0 Å². The Kier molecular flexibility index (Phi) is 8.88. The van der Waals surface area contributed by atoms with Crippen LogP contribution in [0.15, 0.2) is 118 Å². The molecule has 1 aromatic heterocycles. The SMILES string of the molecule is CCOc1cc(/C=C2\S/C(=N/c3nc(-c4ccccc4)cs3)N(c3ccccc3)C2=O)ccc1OCc1ccccc1Cl. The van der Waals surface area contributed by atoms with Crippen molar-refractivity contribution in [2.24, 2.45) is 4.99 Å². The van der Waals surface area contributed by atoms with Gasteiger partial charge in [-0.15, -0.1) is 11.3 Å². The molecule has 0 unspecified atom stereocenters. The molecule has 5 aromatic rings. The van der Waals surface area contributed by atoms with Crippen molar-refractivity contribution < 1.29 is 14.3 Å². The molecular weight excluding hydrogens is 598 g/mol. The molecule has 6 rings (SSSR count). The van der Waals surface area contributed by atoms with Crippen LogP contribution in [0, 0.1) is 0 Å². The molecule has 43 heavy (non-hydrogen) atoms. The maximum absolute atomic E-state index is 13.8. The lowest BCUT2D eigenvalue weighted by Gasteiger charge is -2.15. The first-order valence-electron chi connectivity index (χ1n) is 13.6.